The van der Waals surface area contributed by atoms with Gasteiger partial charge in [0.15, 0.2) is 0 Å². The number of rotatable bonds is 22. The molecule has 2 aliphatic rings. The Bertz CT molecular complexity index is 1680. The Balaban J connectivity index is 1.67. The van der Waals surface area contributed by atoms with Gasteiger partial charge in [-0.2, -0.15) is 0 Å². The fourth-order valence-corrected chi connectivity index (χ4v) is 7.81. The smallest absolute Gasteiger partial charge is 0.303 e. The highest BCUT2D eigenvalue weighted by Crippen LogP contribution is 2.33. The second kappa shape index (κ2) is 19.5. The summed E-state index contributed by atoms with van der Waals surface area (Å²) in [6, 6.07) is 0. The number of aromatic amines is 2. The summed E-state index contributed by atoms with van der Waals surface area (Å²) >= 11 is 0. The van der Waals surface area contributed by atoms with Crippen LogP contribution in [-0.4, -0.2) is 43.9 Å². The zero-order chi connectivity index (χ0) is 38.7. The SMILES string of the molecule is CCC1=C(C)C(=O)N/C1=C\c1[nH]c(Cc2[nH]c(/C=C3\NC(=O)C(C)=C3CC)c(C)c2CCCCCCCC(=O)O)c(CCCCCCCC(=O)O)c1C. The zero-order valence-electron chi connectivity index (χ0n) is 32.7. The quantitative estimate of drug-likeness (QED) is 0.0663. The number of allylic oxidation sites excluding steroid dienone is 2. The van der Waals surface area contributed by atoms with E-state index in [0.29, 0.717) is 19.3 Å². The van der Waals surface area contributed by atoms with Gasteiger partial charge in [0.2, 0.25) is 0 Å². The van der Waals surface area contributed by atoms with Crippen LogP contribution in [0.1, 0.15) is 163 Å². The Morgan fingerprint density at radius 2 is 0.925 bits per heavy atom. The average Bonchev–Trinajstić information content (AvgIpc) is 3.76. The molecule has 0 fully saturated rings. The van der Waals surface area contributed by atoms with E-state index in [1.54, 1.807) is 0 Å². The molecule has 6 N–H and O–H groups in total. The lowest BCUT2D eigenvalue weighted by molar-refractivity contribution is -0.138. The van der Waals surface area contributed by atoms with Gasteiger partial charge in [-0.15, -0.1) is 0 Å². The van der Waals surface area contributed by atoms with E-state index in [-0.39, 0.29) is 24.7 Å². The van der Waals surface area contributed by atoms with Crippen LogP contribution in [0.15, 0.2) is 33.7 Å². The van der Waals surface area contributed by atoms with E-state index in [2.05, 4.69) is 60.4 Å². The van der Waals surface area contributed by atoms with Crippen LogP contribution in [0.5, 0.6) is 0 Å². The Morgan fingerprint density at radius 1 is 0.566 bits per heavy atom. The molecule has 2 aromatic rings. The van der Waals surface area contributed by atoms with Crippen molar-refractivity contribution in [2.45, 2.75) is 151 Å². The number of hydrogen-bond acceptors (Lipinski definition) is 4. The highest BCUT2D eigenvalue weighted by molar-refractivity contribution is 6.01. The van der Waals surface area contributed by atoms with E-state index in [9.17, 15) is 19.2 Å². The summed E-state index contributed by atoms with van der Waals surface area (Å²) in [5.74, 6) is -1.59. The molecule has 2 aliphatic heterocycles. The number of carboxylic acids is 2. The molecule has 0 saturated heterocycles. The lowest BCUT2D eigenvalue weighted by Crippen LogP contribution is -2.15. The molecule has 0 bridgehead atoms. The van der Waals surface area contributed by atoms with Crippen molar-refractivity contribution in [3.63, 3.8) is 0 Å². The van der Waals surface area contributed by atoms with Crippen LogP contribution < -0.4 is 10.6 Å². The molecule has 0 atom stereocenters. The van der Waals surface area contributed by atoms with Crippen LogP contribution in [-0.2, 0) is 38.4 Å². The first-order chi connectivity index (χ1) is 25.4. The number of hydrogen-bond donors (Lipinski definition) is 6. The van der Waals surface area contributed by atoms with Crippen molar-refractivity contribution in [3.8, 4) is 0 Å². The van der Waals surface area contributed by atoms with Gasteiger partial charge in [0.05, 0.1) is 0 Å². The molecule has 4 heterocycles. The maximum atomic E-state index is 12.6. The van der Waals surface area contributed by atoms with Crippen LogP contribution in [0.2, 0.25) is 0 Å². The van der Waals surface area contributed by atoms with E-state index in [1.165, 1.54) is 22.3 Å². The van der Waals surface area contributed by atoms with Gasteiger partial charge in [-0.05, 0) is 125 Å². The molecule has 10 heteroatoms. The number of amides is 2. The van der Waals surface area contributed by atoms with E-state index in [1.807, 2.05) is 13.8 Å². The molecule has 0 spiro atoms. The molecule has 2 aromatic heterocycles. The highest BCUT2D eigenvalue weighted by atomic mass is 16.4. The summed E-state index contributed by atoms with van der Waals surface area (Å²) in [4.78, 5) is 54.6. The Labute approximate surface area is 314 Å². The van der Waals surface area contributed by atoms with Crippen molar-refractivity contribution in [1.82, 2.24) is 20.6 Å². The van der Waals surface area contributed by atoms with Gasteiger partial charge in [-0.3, -0.25) is 19.2 Å². The van der Waals surface area contributed by atoms with Crippen molar-refractivity contribution >= 4 is 35.9 Å². The van der Waals surface area contributed by atoms with Gasteiger partial charge in [-0.1, -0.05) is 52.4 Å². The number of carboxylic acid groups (broad SMARTS) is 2. The zero-order valence-corrected chi connectivity index (χ0v) is 32.7. The summed E-state index contributed by atoms with van der Waals surface area (Å²) in [5, 5.41) is 24.1. The van der Waals surface area contributed by atoms with Crippen LogP contribution in [0.3, 0.4) is 0 Å². The number of nitrogens with one attached hydrogen (secondary N) is 4. The van der Waals surface area contributed by atoms with E-state index < -0.39 is 11.9 Å². The van der Waals surface area contributed by atoms with Gasteiger partial charge >= 0.3 is 11.9 Å². The first kappa shape index (κ1) is 41.2. The number of aromatic nitrogens is 2. The van der Waals surface area contributed by atoms with Gasteiger partial charge in [0, 0.05) is 64.6 Å². The van der Waals surface area contributed by atoms with Gasteiger partial charge in [0.1, 0.15) is 0 Å². The summed E-state index contributed by atoms with van der Waals surface area (Å²) in [6.45, 7) is 12.2. The van der Waals surface area contributed by atoms with Crippen molar-refractivity contribution in [2.24, 2.45) is 0 Å². The molecule has 0 aliphatic carbocycles. The topological polar surface area (TPSA) is 164 Å². The summed E-state index contributed by atoms with van der Waals surface area (Å²) in [6.07, 6.45) is 17.8. The predicted octanol–water partition coefficient (Wildman–Crippen LogP) is 8.88. The number of unbranched alkanes of at least 4 members (excludes halogenated alkanes) is 8. The van der Waals surface area contributed by atoms with Crippen LogP contribution in [0.25, 0.3) is 12.2 Å². The summed E-state index contributed by atoms with van der Waals surface area (Å²) < 4.78 is 0. The molecule has 10 nitrogen and oxygen atoms in total. The highest BCUT2D eigenvalue weighted by Gasteiger charge is 2.26. The summed E-state index contributed by atoms with van der Waals surface area (Å²) in [7, 11) is 0. The predicted molar refractivity (Wildman–Crippen MR) is 210 cm³/mol. The number of carbonyl (C=O) groups is 4. The standard InChI is InChI=1S/C43H60N4O6/c1-7-30-28(5)42(52)46-36(30)23-34-26(3)32(19-15-11-9-13-17-21-40(48)49)38(44-34)25-39-33(20-16-12-10-14-18-22-41(50)51)27(4)35(45-39)24-37-31(8-2)29(6)43(53)47-37/h23-24,44-45H,7-22,25H2,1-6H3,(H,46,52)(H,47,53)(H,48,49)(H,50,51)/b36-23-,37-24-. The molecule has 0 aromatic carbocycles. The van der Waals surface area contributed by atoms with E-state index in [4.69, 9.17) is 10.2 Å². The van der Waals surface area contributed by atoms with Crippen LogP contribution >= 0.6 is 0 Å². The third kappa shape index (κ3) is 10.7. The molecule has 2 amide bonds. The van der Waals surface area contributed by atoms with Crippen molar-refractivity contribution in [1.29, 1.82) is 0 Å². The van der Waals surface area contributed by atoms with Gasteiger partial charge in [-0.25, -0.2) is 0 Å². The number of carbonyl (C=O) groups excluding carboxylic acids is 2. The first-order valence-electron chi connectivity index (χ1n) is 19.7. The normalized spacial score (nSPS) is 16.1. The molecule has 4 rings (SSSR count). The average molecular weight is 729 g/mol. The van der Waals surface area contributed by atoms with Gasteiger partial charge < -0.3 is 30.8 Å². The molecule has 53 heavy (non-hydrogen) atoms. The third-order valence-corrected chi connectivity index (χ3v) is 11.0. The Kier molecular flexibility index (Phi) is 15.1. The fraction of sp³-hybridized carbons (Fsp3) is 0.535. The van der Waals surface area contributed by atoms with Crippen molar-refractivity contribution in [3.05, 3.63) is 78.7 Å². The monoisotopic (exact) mass is 728 g/mol. The lowest BCUT2D eigenvalue weighted by atomic mass is 9.96. The minimum Gasteiger partial charge on any atom is -0.481 e. The minimum absolute atomic E-state index is 0.0505. The van der Waals surface area contributed by atoms with Gasteiger partial charge in [0.25, 0.3) is 11.8 Å². The van der Waals surface area contributed by atoms with Crippen molar-refractivity contribution in [2.75, 3.05) is 0 Å². The molecular weight excluding hydrogens is 668 g/mol. The van der Waals surface area contributed by atoms with E-state index in [0.717, 1.165) is 134 Å². The molecular formula is C43H60N4O6. The second-order valence-corrected chi connectivity index (χ2v) is 14.7. The third-order valence-electron chi connectivity index (χ3n) is 11.0. The molecule has 0 radical (unpaired) electrons. The molecule has 288 valence electrons. The number of aliphatic carboxylic acids is 2. The second-order valence-electron chi connectivity index (χ2n) is 14.7. The maximum absolute atomic E-state index is 12.6. The van der Waals surface area contributed by atoms with Crippen LogP contribution in [0.4, 0.5) is 0 Å². The maximum Gasteiger partial charge on any atom is 0.303 e. The minimum atomic E-state index is -0.742. The van der Waals surface area contributed by atoms with Crippen LogP contribution in [0, 0.1) is 13.8 Å². The first-order valence-corrected chi connectivity index (χ1v) is 19.7. The largest absolute Gasteiger partial charge is 0.481 e. The van der Waals surface area contributed by atoms with Crippen molar-refractivity contribution < 1.29 is 29.4 Å². The Hall–Kier alpha value is -4.60. The molecule has 0 unspecified atom stereocenters. The summed E-state index contributed by atoms with van der Waals surface area (Å²) in [5.41, 5.74) is 14.4. The Morgan fingerprint density at radius 3 is 1.28 bits per heavy atom. The number of H-pyrrole nitrogens is 2. The fourth-order valence-electron chi connectivity index (χ4n) is 7.81. The lowest BCUT2D eigenvalue weighted by Gasteiger charge is -2.09. The molecule has 0 saturated carbocycles. The van der Waals surface area contributed by atoms with E-state index >= 15 is 0 Å².